The number of aromatic nitrogens is 2. The first-order valence-electron chi connectivity index (χ1n) is 6.99. The lowest BCUT2D eigenvalue weighted by molar-refractivity contribution is 0.0737. The van der Waals surface area contributed by atoms with Gasteiger partial charge in [0.1, 0.15) is 0 Å². The van der Waals surface area contributed by atoms with Gasteiger partial charge in [-0.25, -0.2) is 0 Å². The van der Waals surface area contributed by atoms with Crippen molar-refractivity contribution in [2.24, 2.45) is 0 Å². The van der Waals surface area contributed by atoms with Crippen LogP contribution in [-0.2, 0) is 6.54 Å². The summed E-state index contributed by atoms with van der Waals surface area (Å²) < 4.78 is 5.78. The molecule has 3 rings (SSSR count). The maximum Gasteiger partial charge on any atom is 0.247 e. The van der Waals surface area contributed by atoms with Crippen molar-refractivity contribution in [3.05, 3.63) is 36.2 Å². The predicted molar refractivity (Wildman–Crippen MR) is 77.1 cm³/mol. The number of hydrogen-bond donors (Lipinski definition) is 1. The summed E-state index contributed by atoms with van der Waals surface area (Å²) >= 11 is 0. The topological polar surface area (TPSA) is 54.2 Å². The van der Waals surface area contributed by atoms with Crippen LogP contribution in [0.15, 0.2) is 34.7 Å². The molecular weight excluding hydrogens is 252 g/mol. The SMILES string of the molecule is CC1(C)CNCCN1Cc1nnc(-c2ccccc2)o1. The predicted octanol–water partition coefficient (Wildman–Crippen LogP) is 1.92. The lowest BCUT2D eigenvalue weighted by Gasteiger charge is -2.42. The van der Waals surface area contributed by atoms with Gasteiger partial charge in [0.05, 0.1) is 6.54 Å². The molecule has 0 atom stereocenters. The van der Waals surface area contributed by atoms with Gasteiger partial charge in [0, 0.05) is 30.7 Å². The Morgan fingerprint density at radius 1 is 1.25 bits per heavy atom. The summed E-state index contributed by atoms with van der Waals surface area (Å²) in [5.41, 5.74) is 1.07. The van der Waals surface area contributed by atoms with Crippen molar-refractivity contribution in [3.63, 3.8) is 0 Å². The first-order chi connectivity index (χ1) is 9.65. The van der Waals surface area contributed by atoms with Crippen LogP contribution >= 0.6 is 0 Å². The van der Waals surface area contributed by atoms with E-state index in [-0.39, 0.29) is 5.54 Å². The molecule has 2 aromatic rings. The van der Waals surface area contributed by atoms with Gasteiger partial charge in [0.15, 0.2) is 0 Å². The molecule has 0 spiro atoms. The van der Waals surface area contributed by atoms with Crippen molar-refractivity contribution in [2.75, 3.05) is 19.6 Å². The molecule has 5 heteroatoms. The molecule has 2 heterocycles. The Balaban J connectivity index is 1.74. The van der Waals surface area contributed by atoms with Crippen LogP contribution in [0.4, 0.5) is 0 Å². The van der Waals surface area contributed by atoms with Crippen molar-refractivity contribution in [1.29, 1.82) is 0 Å². The van der Waals surface area contributed by atoms with E-state index < -0.39 is 0 Å². The van der Waals surface area contributed by atoms with E-state index in [1.807, 2.05) is 30.3 Å². The minimum Gasteiger partial charge on any atom is -0.419 e. The Labute approximate surface area is 119 Å². The van der Waals surface area contributed by atoms with E-state index in [0.29, 0.717) is 18.3 Å². The summed E-state index contributed by atoms with van der Waals surface area (Å²) in [6, 6.07) is 9.87. The third-order valence-electron chi connectivity index (χ3n) is 3.79. The maximum atomic E-state index is 5.78. The van der Waals surface area contributed by atoms with E-state index in [2.05, 4.69) is 34.3 Å². The molecule has 1 aliphatic rings. The third-order valence-corrected chi connectivity index (χ3v) is 3.79. The van der Waals surface area contributed by atoms with Crippen LogP contribution in [0.3, 0.4) is 0 Å². The summed E-state index contributed by atoms with van der Waals surface area (Å²) in [6.07, 6.45) is 0. The summed E-state index contributed by atoms with van der Waals surface area (Å²) in [5.74, 6) is 1.27. The molecule has 0 amide bonds. The van der Waals surface area contributed by atoms with Crippen LogP contribution in [0.5, 0.6) is 0 Å². The first kappa shape index (κ1) is 13.3. The van der Waals surface area contributed by atoms with E-state index in [0.717, 1.165) is 25.2 Å². The van der Waals surface area contributed by atoms with Crippen LogP contribution in [-0.4, -0.2) is 40.3 Å². The molecule has 1 aliphatic heterocycles. The fraction of sp³-hybridized carbons (Fsp3) is 0.467. The summed E-state index contributed by atoms with van der Waals surface area (Å²) in [5, 5.41) is 11.7. The van der Waals surface area contributed by atoms with E-state index in [1.54, 1.807) is 0 Å². The highest BCUT2D eigenvalue weighted by atomic mass is 16.4. The van der Waals surface area contributed by atoms with Gasteiger partial charge in [0.25, 0.3) is 0 Å². The van der Waals surface area contributed by atoms with Gasteiger partial charge < -0.3 is 9.73 Å². The Kier molecular flexibility index (Phi) is 3.54. The number of piperazine rings is 1. The van der Waals surface area contributed by atoms with Crippen molar-refractivity contribution in [3.8, 4) is 11.5 Å². The van der Waals surface area contributed by atoms with E-state index in [4.69, 9.17) is 4.42 Å². The average molecular weight is 272 g/mol. The van der Waals surface area contributed by atoms with Crippen molar-refractivity contribution < 1.29 is 4.42 Å². The Bertz CT molecular complexity index is 564. The number of rotatable bonds is 3. The fourth-order valence-electron chi connectivity index (χ4n) is 2.49. The second-order valence-electron chi connectivity index (χ2n) is 5.78. The first-order valence-corrected chi connectivity index (χ1v) is 6.99. The van der Waals surface area contributed by atoms with Gasteiger partial charge in [0.2, 0.25) is 11.8 Å². The molecule has 1 aromatic heterocycles. The molecule has 106 valence electrons. The minimum atomic E-state index is 0.111. The molecule has 0 bridgehead atoms. The standard InChI is InChI=1S/C15H20N4O/c1-15(2)11-16-8-9-19(15)10-13-17-18-14(20-13)12-6-4-3-5-7-12/h3-7,16H,8-11H2,1-2H3. The number of nitrogens with one attached hydrogen (secondary N) is 1. The van der Waals surface area contributed by atoms with Crippen molar-refractivity contribution in [1.82, 2.24) is 20.4 Å². The lowest BCUT2D eigenvalue weighted by Crippen LogP contribution is -2.57. The van der Waals surface area contributed by atoms with Gasteiger partial charge in [-0.15, -0.1) is 10.2 Å². The van der Waals surface area contributed by atoms with E-state index in [1.165, 1.54) is 0 Å². The quantitative estimate of drug-likeness (QED) is 0.925. The van der Waals surface area contributed by atoms with Crippen LogP contribution in [0.1, 0.15) is 19.7 Å². The lowest BCUT2D eigenvalue weighted by atomic mass is 10.0. The molecule has 0 unspecified atom stereocenters. The van der Waals surface area contributed by atoms with E-state index in [9.17, 15) is 0 Å². The molecule has 1 N–H and O–H groups in total. The summed E-state index contributed by atoms with van der Waals surface area (Å²) in [7, 11) is 0. The highest BCUT2D eigenvalue weighted by Gasteiger charge is 2.30. The highest BCUT2D eigenvalue weighted by molar-refractivity contribution is 5.51. The van der Waals surface area contributed by atoms with Gasteiger partial charge in [-0.2, -0.15) is 0 Å². The molecule has 1 fully saturated rings. The Morgan fingerprint density at radius 3 is 2.80 bits per heavy atom. The molecule has 5 nitrogen and oxygen atoms in total. The monoisotopic (exact) mass is 272 g/mol. The summed E-state index contributed by atoms with van der Waals surface area (Å²) in [4.78, 5) is 2.38. The zero-order chi connectivity index (χ0) is 14.0. The Hall–Kier alpha value is -1.72. The minimum absolute atomic E-state index is 0.111. The Morgan fingerprint density at radius 2 is 2.05 bits per heavy atom. The third kappa shape index (κ3) is 2.73. The number of benzene rings is 1. The molecule has 1 aromatic carbocycles. The molecule has 0 aliphatic carbocycles. The summed E-state index contributed by atoms with van der Waals surface area (Å²) in [6.45, 7) is 8.14. The van der Waals surface area contributed by atoms with Crippen LogP contribution in [0, 0.1) is 0 Å². The normalized spacial score (nSPS) is 19.1. The highest BCUT2D eigenvalue weighted by Crippen LogP contribution is 2.21. The molecule has 20 heavy (non-hydrogen) atoms. The van der Waals surface area contributed by atoms with Gasteiger partial charge >= 0.3 is 0 Å². The zero-order valence-corrected chi connectivity index (χ0v) is 12.0. The van der Waals surface area contributed by atoms with Crippen LogP contribution in [0.25, 0.3) is 11.5 Å². The molecular formula is C15H20N4O. The molecule has 1 saturated heterocycles. The van der Waals surface area contributed by atoms with Gasteiger partial charge in [-0.05, 0) is 26.0 Å². The molecule has 0 saturated carbocycles. The van der Waals surface area contributed by atoms with Crippen LogP contribution in [0.2, 0.25) is 0 Å². The second-order valence-corrected chi connectivity index (χ2v) is 5.78. The molecule has 0 radical (unpaired) electrons. The van der Waals surface area contributed by atoms with Crippen LogP contribution < -0.4 is 5.32 Å². The van der Waals surface area contributed by atoms with Gasteiger partial charge in [-0.3, -0.25) is 4.90 Å². The van der Waals surface area contributed by atoms with Crippen molar-refractivity contribution in [2.45, 2.75) is 25.9 Å². The number of hydrogen-bond acceptors (Lipinski definition) is 5. The largest absolute Gasteiger partial charge is 0.419 e. The average Bonchev–Trinajstić information content (AvgIpc) is 2.91. The smallest absolute Gasteiger partial charge is 0.247 e. The fourth-order valence-corrected chi connectivity index (χ4v) is 2.49. The van der Waals surface area contributed by atoms with Gasteiger partial charge in [-0.1, -0.05) is 18.2 Å². The van der Waals surface area contributed by atoms with Crippen molar-refractivity contribution >= 4 is 0 Å². The van der Waals surface area contributed by atoms with E-state index >= 15 is 0 Å². The zero-order valence-electron chi connectivity index (χ0n) is 12.0. The second kappa shape index (κ2) is 5.34. The maximum absolute atomic E-state index is 5.78. The number of nitrogens with zero attached hydrogens (tertiary/aromatic N) is 3.